The van der Waals surface area contributed by atoms with Gasteiger partial charge < -0.3 is 0 Å². The molecule has 2 atom stereocenters. The largest absolute Gasteiger partial charge is 0.695 e. The number of unbranched alkanes of at least 4 members (excludes halogenated alkanes) is 1. The first kappa shape index (κ1) is 12.6. The van der Waals surface area contributed by atoms with Crippen LogP contribution in [-0.2, 0) is 13.9 Å². The summed E-state index contributed by atoms with van der Waals surface area (Å²) >= 11 is 0. The Hall–Kier alpha value is -0.380. The average Bonchev–Trinajstić information content (AvgIpc) is 2.10. The SMILES string of the molecule is CCCC[C@H](F)C(=O)CO[P+](=O)O. The molecule has 76 valence electrons. The van der Waals surface area contributed by atoms with Crippen molar-refractivity contribution in [2.75, 3.05) is 6.61 Å². The second kappa shape index (κ2) is 7.06. The van der Waals surface area contributed by atoms with E-state index in [0.717, 1.165) is 6.42 Å². The molecule has 0 heterocycles. The van der Waals surface area contributed by atoms with Gasteiger partial charge in [-0.25, -0.2) is 4.39 Å². The van der Waals surface area contributed by atoms with Crippen LogP contribution >= 0.6 is 8.25 Å². The van der Waals surface area contributed by atoms with E-state index in [4.69, 9.17) is 4.89 Å². The number of hydrogen-bond acceptors (Lipinski definition) is 3. The molecule has 0 aromatic carbocycles. The number of carbonyl (C=O) groups is 1. The fraction of sp³-hybridized carbons (Fsp3) is 0.857. The molecule has 0 fully saturated rings. The monoisotopic (exact) mass is 211 g/mol. The maximum Gasteiger partial charge on any atom is 0.695 e. The summed E-state index contributed by atoms with van der Waals surface area (Å²) in [6, 6.07) is 0. The summed E-state index contributed by atoms with van der Waals surface area (Å²) < 4.78 is 26.9. The molecule has 0 aliphatic heterocycles. The van der Waals surface area contributed by atoms with Crippen LogP contribution in [0.2, 0.25) is 0 Å². The van der Waals surface area contributed by atoms with E-state index in [1.807, 2.05) is 6.92 Å². The number of carbonyl (C=O) groups excluding carboxylic acids is 1. The van der Waals surface area contributed by atoms with Crippen molar-refractivity contribution in [2.24, 2.45) is 0 Å². The van der Waals surface area contributed by atoms with E-state index < -0.39 is 26.8 Å². The summed E-state index contributed by atoms with van der Waals surface area (Å²) in [5, 5.41) is 0. The first-order valence-electron chi connectivity index (χ1n) is 4.03. The molecule has 0 amide bonds. The van der Waals surface area contributed by atoms with Gasteiger partial charge in [-0.1, -0.05) is 19.8 Å². The van der Waals surface area contributed by atoms with Crippen molar-refractivity contribution in [1.29, 1.82) is 0 Å². The van der Waals surface area contributed by atoms with Gasteiger partial charge >= 0.3 is 8.25 Å². The van der Waals surface area contributed by atoms with Crippen molar-refractivity contribution in [2.45, 2.75) is 32.4 Å². The molecular weight excluding hydrogens is 198 g/mol. The van der Waals surface area contributed by atoms with Crippen molar-refractivity contribution >= 4 is 14.0 Å². The third-order valence-electron chi connectivity index (χ3n) is 1.48. The maximum absolute atomic E-state index is 12.8. The van der Waals surface area contributed by atoms with Crippen LogP contribution in [0.4, 0.5) is 4.39 Å². The van der Waals surface area contributed by atoms with Gasteiger partial charge in [-0.15, -0.1) is 9.42 Å². The number of ketones is 1. The number of alkyl halides is 1. The van der Waals surface area contributed by atoms with Gasteiger partial charge in [0.2, 0.25) is 0 Å². The number of Topliss-reactive ketones (excluding diaryl/α,β-unsaturated/α-hetero) is 1. The number of rotatable bonds is 7. The minimum Gasteiger partial charge on any atom is -0.294 e. The lowest BCUT2D eigenvalue weighted by atomic mass is 10.1. The summed E-state index contributed by atoms with van der Waals surface area (Å²) in [4.78, 5) is 19.0. The molecule has 0 rings (SSSR count). The molecule has 0 aliphatic carbocycles. The highest BCUT2D eigenvalue weighted by Gasteiger charge is 2.22. The lowest BCUT2D eigenvalue weighted by Crippen LogP contribution is -2.19. The zero-order valence-electron chi connectivity index (χ0n) is 7.40. The lowest BCUT2D eigenvalue weighted by Gasteiger charge is -2.02. The van der Waals surface area contributed by atoms with E-state index in [9.17, 15) is 13.8 Å². The predicted octanol–water partition coefficient (Wildman–Crippen LogP) is 1.75. The molecule has 0 saturated heterocycles. The number of hydrogen-bond donors (Lipinski definition) is 1. The Morgan fingerprint density at radius 3 is 2.77 bits per heavy atom. The van der Waals surface area contributed by atoms with Crippen LogP contribution in [0.1, 0.15) is 26.2 Å². The van der Waals surface area contributed by atoms with Crippen LogP contribution in [0.3, 0.4) is 0 Å². The molecule has 0 saturated carbocycles. The first-order chi connectivity index (χ1) is 6.07. The molecule has 0 aromatic rings. The highest BCUT2D eigenvalue weighted by atomic mass is 31.1. The molecule has 0 bridgehead atoms. The van der Waals surface area contributed by atoms with E-state index in [0.29, 0.717) is 6.42 Å². The van der Waals surface area contributed by atoms with Crippen LogP contribution in [0.5, 0.6) is 0 Å². The maximum atomic E-state index is 12.8. The summed E-state index contributed by atoms with van der Waals surface area (Å²) in [5.41, 5.74) is 0. The van der Waals surface area contributed by atoms with Gasteiger partial charge in [0.25, 0.3) is 0 Å². The van der Waals surface area contributed by atoms with Gasteiger partial charge in [0.15, 0.2) is 18.6 Å². The molecule has 13 heavy (non-hydrogen) atoms. The van der Waals surface area contributed by atoms with Crippen molar-refractivity contribution in [3.63, 3.8) is 0 Å². The average molecular weight is 211 g/mol. The van der Waals surface area contributed by atoms with Gasteiger partial charge in [-0.3, -0.25) is 4.79 Å². The quantitative estimate of drug-likeness (QED) is 0.651. The van der Waals surface area contributed by atoms with Crippen LogP contribution in [0, 0.1) is 0 Å². The Morgan fingerprint density at radius 1 is 1.69 bits per heavy atom. The van der Waals surface area contributed by atoms with Gasteiger partial charge in [-0.05, 0) is 6.42 Å². The smallest absolute Gasteiger partial charge is 0.294 e. The Balaban J connectivity index is 3.63. The highest BCUT2D eigenvalue weighted by Crippen LogP contribution is 2.15. The van der Waals surface area contributed by atoms with E-state index in [2.05, 4.69) is 4.52 Å². The third-order valence-corrected chi connectivity index (χ3v) is 1.83. The van der Waals surface area contributed by atoms with Crippen molar-refractivity contribution in [3.05, 3.63) is 0 Å². The second-order valence-electron chi connectivity index (χ2n) is 2.59. The third kappa shape index (κ3) is 6.75. The summed E-state index contributed by atoms with van der Waals surface area (Å²) in [5.74, 6) is -0.772. The molecule has 0 aliphatic rings. The topological polar surface area (TPSA) is 63.6 Å². The normalized spacial score (nSPS) is 13.9. The minimum absolute atomic E-state index is 0.154. The summed E-state index contributed by atoms with van der Waals surface area (Å²) in [6.45, 7) is 1.26. The number of halogens is 1. The van der Waals surface area contributed by atoms with E-state index in [1.54, 1.807) is 0 Å². The van der Waals surface area contributed by atoms with E-state index in [1.165, 1.54) is 0 Å². The van der Waals surface area contributed by atoms with Crippen molar-refractivity contribution in [1.82, 2.24) is 0 Å². The van der Waals surface area contributed by atoms with Crippen molar-refractivity contribution in [3.8, 4) is 0 Å². The molecule has 1 unspecified atom stereocenters. The minimum atomic E-state index is -2.81. The fourth-order valence-electron chi connectivity index (χ4n) is 0.754. The van der Waals surface area contributed by atoms with Crippen LogP contribution in [0.15, 0.2) is 0 Å². The van der Waals surface area contributed by atoms with E-state index >= 15 is 0 Å². The Bertz CT molecular complexity index is 185. The molecule has 0 spiro atoms. The van der Waals surface area contributed by atoms with E-state index in [-0.39, 0.29) is 6.42 Å². The molecular formula is C7H13FO4P+. The summed E-state index contributed by atoms with van der Waals surface area (Å²) in [7, 11) is -2.81. The van der Waals surface area contributed by atoms with Gasteiger partial charge in [0, 0.05) is 4.57 Å². The second-order valence-corrected chi connectivity index (χ2v) is 3.32. The Labute approximate surface area is 77.0 Å². The standard InChI is InChI=1S/C7H12FO4P/c1-2-3-4-6(8)7(9)5-12-13(10)11/h6H,2-5H2,1H3/p+1/t6-/m0/s1. The zero-order valence-corrected chi connectivity index (χ0v) is 8.30. The van der Waals surface area contributed by atoms with Crippen LogP contribution in [0.25, 0.3) is 0 Å². The van der Waals surface area contributed by atoms with Crippen LogP contribution < -0.4 is 0 Å². The van der Waals surface area contributed by atoms with Crippen LogP contribution in [-0.4, -0.2) is 23.5 Å². The van der Waals surface area contributed by atoms with Gasteiger partial charge in [-0.2, -0.15) is 0 Å². The molecule has 0 radical (unpaired) electrons. The molecule has 0 aromatic heterocycles. The Kier molecular flexibility index (Phi) is 6.86. The lowest BCUT2D eigenvalue weighted by molar-refractivity contribution is -0.126. The fourth-order valence-corrected chi connectivity index (χ4v) is 0.991. The highest BCUT2D eigenvalue weighted by molar-refractivity contribution is 7.32. The molecule has 4 nitrogen and oxygen atoms in total. The summed E-state index contributed by atoms with van der Waals surface area (Å²) in [6.07, 6.45) is 0.0110. The molecule has 6 heteroatoms. The predicted molar refractivity (Wildman–Crippen MR) is 45.2 cm³/mol. The molecule has 1 N–H and O–H groups in total. The zero-order chi connectivity index (χ0) is 10.3. The van der Waals surface area contributed by atoms with Crippen molar-refractivity contribution < 1.29 is 23.2 Å². The van der Waals surface area contributed by atoms with Gasteiger partial charge in [0.1, 0.15) is 0 Å². The first-order valence-corrected chi connectivity index (χ1v) is 5.16. The Morgan fingerprint density at radius 2 is 2.31 bits per heavy atom. The van der Waals surface area contributed by atoms with Gasteiger partial charge in [0.05, 0.1) is 0 Å².